The Morgan fingerprint density at radius 1 is 0.467 bits per heavy atom. The Kier molecular flexibility index (Phi) is 5.47. The molecule has 0 nitrogen and oxygen atoms in total. The molecule has 4 rings (SSSR count). The number of benzene rings is 2. The molecule has 0 unspecified atom stereocenters. The van der Waals surface area contributed by atoms with Gasteiger partial charge in [0, 0.05) is 9.79 Å². The molecule has 2 heteroatoms. The van der Waals surface area contributed by atoms with Crippen molar-refractivity contribution in [3.05, 3.63) is 58.7 Å². The van der Waals surface area contributed by atoms with Gasteiger partial charge in [0.25, 0.3) is 0 Å². The van der Waals surface area contributed by atoms with Crippen LogP contribution in [-0.2, 0) is 21.7 Å². The van der Waals surface area contributed by atoms with Crippen LogP contribution in [0.3, 0.4) is 0 Å². The van der Waals surface area contributed by atoms with Gasteiger partial charge in [0.1, 0.15) is 0 Å². The van der Waals surface area contributed by atoms with E-state index in [4.69, 9.17) is 0 Å². The summed E-state index contributed by atoms with van der Waals surface area (Å²) in [4.78, 5) is 2.75. The zero-order valence-electron chi connectivity index (χ0n) is 20.1. The van der Waals surface area contributed by atoms with Crippen LogP contribution in [0, 0.1) is 0 Å². The predicted octanol–water partition coefficient (Wildman–Crippen LogP) is 9.18. The number of fused-ring (bicyclic) bond motifs is 2. The summed E-state index contributed by atoms with van der Waals surface area (Å²) < 4.78 is 0. The third-order valence-corrected chi connectivity index (χ3v) is 10.3. The van der Waals surface area contributed by atoms with Crippen LogP contribution in [0.15, 0.2) is 46.2 Å². The molecular weight excluding hydrogens is 400 g/mol. The van der Waals surface area contributed by atoms with E-state index in [-0.39, 0.29) is 21.7 Å². The first-order valence-corrected chi connectivity index (χ1v) is 13.6. The van der Waals surface area contributed by atoms with Crippen molar-refractivity contribution in [1.29, 1.82) is 0 Å². The Labute approximate surface area is 192 Å². The molecule has 2 aliphatic rings. The Morgan fingerprint density at radius 3 is 1.10 bits per heavy atom. The van der Waals surface area contributed by atoms with Crippen molar-refractivity contribution in [1.82, 2.24) is 0 Å². The molecule has 30 heavy (non-hydrogen) atoms. The topological polar surface area (TPSA) is 0 Å². The Hall–Kier alpha value is -0.860. The Morgan fingerprint density at radius 2 is 0.767 bits per heavy atom. The van der Waals surface area contributed by atoms with Gasteiger partial charge in [-0.1, -0.05) is 89.1 Å². The van der Waals surface area contributed by atoms with E-state index in [1.807, 2.05) is 21.6 Å². The Bertz CT molecular complexity index is 883. The summed E-state index contributed by atoms with van der Waals surface area (Å²) in [6, 6.07) is 14.4. The van der Waals surface area contributed by atoms with E-state index < -0.39 is 0 Å². The lowest BCUT2D eigenvalue weighted by molar-refractivity contribution is 0.331. The molecule has 0 bridgehead atoms. The monoisotopic (exact) mass is 438 g/mol. The molecule has 0 spiro atoms. The number of hydrogen-bond donors (Lipinski definition) is 0. The van der Waals surface area contributed by atoms with Gasteiger partial charge in [0.2, 0.25) is 0 Å². The average molecular weight is 439 g/mol. The van der Waals surface area contributed by atoms with E-state index in [9.17, 15) is 0 Å². The minimum Gasteiger partial charge on any atom is -0.0571 e. The van der Waals surface area contributed by atoms with Crippen molar-refractivity contribution in [2.75, 3.05) is 0 Å². The predicted molar refractivity (Wildman–Crippen MR) is 135 cm³/mol. The summed E-state index contributed by atoms with van der Waals surface area (Å²) >= 11 is 0. The normalized spacial score (nSPS) is 22.8. The van der Waals surface area contributed by atoms with Gasteiger partial charge < -0.3 is 0 Å². The second kappa shape index (κ2) is 7.34. The fourth-order valence-corrected chi connectivity index (χ4v) is 7.31. The lowest BCUT2D eigenvalue weighted by Gasteiger charge is -2.42. The molecule has 0 amide bonds. The largest absolute Gasteiger partial charge is 0.0571 e. The second-order valence-corrected chi connectivity index (χ2v) is 14.4. The fourth-order valence-electron chi connectivity index (χ4n) is 5.34. The molecule has 162 valence electrons. The summed E-state index contributed by atoms with van der Waals surface area (Å²) in [5, 5.41) is 0. The molecule has 2 aliphatic carbocycles. The van der Waals surface area contributed by atoms with Crippen molar-refractivity contribution < 1.29 is 0 Å². The number of rotatable bonds is 3. The minimum absolute atomic E-state index is 0.271. The molecule has 0 atom stereocenters. The SMILES string of the molecule is CC1(C)CCC(C)(C)c2cc(SSc3ccc4c(c3)C(C)(C)CCC4(C)C)ccc21. The van der Waals surface area contributed by atoms with Crippen LogP contribution in [0.2, 0.25) is 0 Å². The highest BCUT2D eigenvalue weighted by Gasteiger charge is 2.38. The molecule has 2 aromatic rings. The maximum Gasteiger partial charge on any atom is 0.0189 e. The highest BCUT2D eigenvalue weighted by atomic mass is 33.1. The first-order chi connectivity index (χ1) is 13.8. The van der Waals surface area contributed by atoms with Crippen LogP contribution in [0.4, 0.5) is 0 Å². The maximum absolute atomic E-state index is 2.47. The fraction of sp³-hybridized carbons (Fsp3) is 0.571. The Balaban J connectivity index is 1.59. The van der Waals surface area contributed by atoms with E-state index in [1.165, 1.54) is 35.5 Å². The highest BCUT2D eigenvalue weighted by molar-refractivity contribution is 8.76. The zero-order valence-corrected chi connectivity index (χ0v) is 21.7. The van der Waals surface area contributed by atoms with Crippen LogP contribution in [0.5, 0.6) is 0 Å². The lowest BCUT2D eigenvalue weighted by atomic mass is 9.63. The van der Waals surface area contributed by atoms with Crippen LogP contribution in [0.1, 0.15) is 103 Å². The zero-order chi connectivity index (χ0) is 21.9. The minimum atomic E-state index is 0.271. The summed E-state index contributed by atoms with van der Waals surface area (Å²) in [7, 11) is 3.83. The first-order valence-electron chi connectivity index (χ1n) is 11.5. The van der Waals surface area contributed by atoms with E-state index in [1.54, 1.807) is 22.3 Å². The summed E-state index contributed by atoms with van der Waals surface area (Å²) in [5.41, 5.74) is 7.32. The van der Waals surface area contributed by atoms with Crippen molar-refractivity contribution in [3.8, 4) is 0 Å². The summed E-state index contributed by atoms with van der Waals surface area (Å²) in [6.45, 7) is 19.3. The maximum atomic E-state index is 2.47. The molecule has 0 fully saturated rings. The van der Waals surface area contributed by atoms with Gasteiger partial charge in [-0.05, 0) is 93.9 Å². The van der Waals surface area contributed by atoms with Crippen LogP contribution in [-0.4, -0.2) is 0 Å². The van der Waals surface area contributed by atoms with Crippen molar-refractivity contribution >= 4 is 21.6 Å². The molecular formula is C28H38S2. The van der Waals surface area contributed by atoms with Gasteiger partial charge in [-0.2, -0.15) is 0 Å². The van der Waals surface area contributed by atoms with Crippen LogP contribution in [0.25, 0.3) is 0 Å². The van der Waals surface area contributed by atoms with E-state index in [0.717, 1.165) is 0 Å². The van der Waals surface area contributed by atoms with Gasteiger partial charge in [0.15, 0.2) is 0 Å². The summed E-state index contributed by atoms with van der Waals surface area (Å²) in [5.74, 6) is 0. The standard InChI is InChI=1S/C28H38S2/c1-25(2)13-15-27(5,6)23-17-19(9-11-21(23)25)29-30-20-10-12-22-24(18-20)28(7,8)16-14-26(22,3)4/h9-12,17-18H,13-16H2,1-8H3. The van der Waals surface area contributed by atoms with Crippen molar-refractivity contribution in [3.63, 3.8) is 0 Å². The van der Waals surface area contributed by atoms with E-state index in [2.05, 4.69) is 91.8 Å². The quantitative estimate of drug-likeness (QED) is 0.438. The first kappa shape index (κ1) is 22.3. The van der Waals surface area contributed by atoms with Gasteiger partial charge in [0.05, 0.1) is 0 Å². The third kappa shape index (κ3) is 3.99. The molecule has 0 N–H and O–H groups in total. The summed E-state index contributed by atoms with van der Waals surface area (Å²) in [6.07, 6.45) is 5.08. The van der Waals surface area contributed by atoms with Crippen molar-refractivity contribution in [2.24, 2.45) is 0 Å². The van der Waals surface area contributed by atoms with Gasteiger partial charge in [-0.25, -0.2) is 0 Å². The molecule has 2 aromatic carbocycles. The third-order valence-electron chi connectivity index (χ3n) is 7.88. The average Bonchev–Trinajstić information content (AvgIpc) is 2.67. The number of hydrogen-bond acceptors (Lipinski definition) is 2. The molecule has 0 saturated carbocycles. The smallest absolute Gasteiger partial charge is 0.0189 e. The molecule has 0 radical (unpaired) electrons. The van der Waals surface area contributed by atoms with Crippen LogP contribution < -0.4 is 0 Å². The van der Waals surface area contributed by atoms with Crippen LogP contribution >= 0.6 is 21.6 Å². The van der Waals surface area contributed by atoms with Gasteiger partial charge in [-0.15, -0.1) is 0 Å². The van der Waals surface area contributed by atoms with Gasteiger partial charge in [-0.3, -0.25) is 0 Å². The highest BCUT2D eigenvalue weighted by Crippen LogP contribution is 2.50. The molecule has 0 heterocycles. The van der Waals surface area contributed by atoms with Gasteiger partial charge >= 0.3 is 0 Å². The molecule has 0 saturated heterocycles. The lowest BCUT2D eigenvalue weighted by Crippen LogP contribution is -2.33. The van der Waals surface area contributed by atoms with E-state index in [0.29, 0.717) is 0 Å². The molecule has 0 aromatic heterocycles. The van der Waals surface area contributed by atoms with E-state index >= 15 is 0 Å². The molecule has 0 aliphatic heterocycles. The second-order valence-electron chi connectivity index (χ2n) is 12.1. The van der Waals surface area contributed by atoms with Crippen molar-refractivity contribution in [2.45, 2.75) is 113 Å².